The number of amides is 3. The number of anilines is 3. The number of rotatable bonds is 26. The van der Waals surface area contributed by atoms with Gasteiger partial charge < -0.3 is 53.3 Å². The minimum Gasteiger partial charge on any atom is -0.496 e. The van der Waals surface area contributed by atoms with Gasteiger partial charge in [0.05, 0.1) is 110 Å². The Hall–Kier alpha value is -13.6. The number of pyridine rings is 3. The lowest BCUT2D eigenvalue weighted by Crippen LogP contribution is -2.38. The van der Waals surface area contributed by atoms with E-state index in [4.69, 9.17) is 48.5 Å². The van der Waals surface area contributed by atoms with Crippen LogP contribution < -0.4 is 28.9 Å². The van der Waals surface area contributed by atoms with E-state index < -0.39 is 136 Å². The lowest BCUT2D eigenvalue weighted by Gasteiger charge is -2.33. The molecule has 4 aromatic heterocycles. The van der Waals surface area contributed by atoms with Crippen LogP contribution in [0.25, 0.3) is 33.4 Å². The number of H-pyrrole nitrogens is 1. The van der Waals surface area contributed by atoms with Crippen molar-refractivity contribution in [2.75, 3.05) is 75.3 Å². The molecular formula is C97H95F15N12O13. The van der Waals surface area contributed by atoms with Gasteiger partial charge in [-0.1, -0.05) is 30.3 Å². The average molecular weight is 1920 g/mol. The van der Waals surface area contributed by atoms with Crippen LogP contribution in [0.15, 0.2) is 158 Å². The van der Waals surface area contributed by atoms with Crippen LogP contribution in [0.2, 0.25) is 0 Å². The van der Waals surface area contributed by atoms with Crippen molar-refractivity contribution in [2.24, 2.45) is 5.92 Å². The van der Waals surface area contributed by atoms with Crippen molar-refractivity contribution < 1.29 is 128 Å². The van der Waals surface area contributed by atoms with Gasteiger partial charge in [-0.05, 0) is 239 Å². The minimum atomic E-state index is -5.06. The van der Waals surface area contributed by atoms with Gasteiger partial charge in [0.2, 0.25) is 0 Å². The van der Waals surface area contributed by atoms with Crippen LogP contribution in [0.5, 0.6) is 17.2 Å². The number of nitrogens with zero attached hydrogens (tertiary/aromatic N) is 11. The largest absolute Gasteiger partial charge is 0.496 e. The molecule has 6 aliphatic heterocycles. The van der Waals surface area contributed by atoms with E-state index >= 15 is 0 Å². The van der Waals surface area contributed by atoms with Crippen molar-refractivity contribution in [1.29, 1.82) is 0 Å². The second kappa shape index (κ2) is 40.0. The number of nitrogens with one attached hydrogen (secondary N) is 1. The third-order valence-electron chi connectivity index (χ3n) is 25.9. The van der Waals surface area contributed by atoms with Crippen molar-refractivity contribution in [3.63, 3.8) is 0 Å². The molecule has 1 aliphatic carbocycles. The summed E-state index contributed by atoms with van der Waals surface area (Å²) >= 11 is 0. The molecule has 726 valence electrons. The second-order valence-corrected chi connectivity index (χ2v) is 34.6. The van der Waals surface area contributed by atoms with Gasteiger partial charge in [0, 0.05) is 85.5 Å². The normalized spacial score (nSPS) is 20.1. The lowest BCUT2D eigenvalue weighted by molar-refractivity contribution is -0.144. The highest BCUT2D eigenvalue weighted by molar-refractivity contribution is 5.80. The molecule has 10 aromatic rings. The molecular weight excluding hydrogens is 1830 g/mol. The molecule has 17 rings (SSSR count). The number of carbonyl (C=O) groups excluding carboxylic acids is 3. The van der Waals surface area contributed by atoms with Crippen LogP contribution in [-0.4, -0.2) is 164 Å². The average Bonchev–Trinajstić information content (AvgIpc) is 1.70. The fourth-order valence-electron chi connectivity index (χ4n) is 17.8. The molecule has 3 amide bonds. The van der Waals surface area contributed by atoms with E-state index in [0.717, 1.165) is 117 Å². The van der Waals surface area contributed by atoms with Crippen LogP contribution in [0, 0.1) is 5.92 Å². The Bertz CT molecular complexity index is 6040. The summed E-state index contributed by atoms with van der Waals surface area (Å²) in [6.45, 7) is 9.44. The van der Waals surface area contributed by atoms with Gasteiger partial charge in [-0.2, -0.15) is 71.0 Å². The zero-order valence-corrected chi connectivity index (χ0v) is 74.7. The number of carboxylic acid groups (broad SMARTS) is 2. The Morgan fingerprint density at radius 1 is 0.409 bits per heavy atom. The van der Waals surface area contributed by atoms with E-state index in [1.165, 1.54) is 55.2 Å². The molecule has 6 saturated heterocycles. The summed E-state index contributed by atoms with van der Waals surface area (Å²) in [6.07, 6.45) is -22.2. The fraction of sp³-hybridized carbons (Fsp3) is 0.402. The van der Waals surface area contributed by atoms with E-state index in [0.29, 0.717) is 124 Å². The molecule has 0 spiro atoms. The highest BCUT2D eigenvalue weighted by Gasteiger charge is 2.48. The number of methoxy groups -OCH3 is 3. The van der Waals surface area contributed by atoms with Crippen LogP contribution in [-0.2, 0) is 93.6 Å². The standard InChI is InChI=1S/C34H36F3N3O5.C32H30F6N6O3.C31H29F6N3O5/c1-20-31(24-5-3-6-25(17-24)34(35,36)37)45-33(43)40(20)19-28-26(12-14-30(38-28)39-15-4-16-39)27-18-23(11-13-29(27)44-2)21-7-9-22(10-8-21)32(41)42;1-18-29(20-13-21(31(33,34)35)15-22(14-20)32(36,37)38)47-30(45)44(18)16-25-23(6-9-28(41-25)43-10-3-11-43)24-12-19(4-7-26(24)46-2)5-8-27-39-17-40-42-27;1-17-28(19-13-20(30(32,33)34)15-21(14-19)31(35,36)37)45-29(43)40(17)16-24-22(6-8-26(38-24)39-10-3-11-39)23-12-18(5-9-27(41)42)4-7-25(23)44-2/h3,5-6,11-14,17-18,20-22,31H,4,7-10,15-16,19H2,1-2H3,(H,41,42);4,6-7,9,12-15,17-18,29H,3,5,8,10-11,16H2,1-2H3,(H,39,40,42);4,6-8,12-15,17,28H,3,5,9-11,16H2,1-2H3,(H,41,42)/t20-,21?,22?,31-;18-,29-;17-,28-/m000/s1. The van der Waals surface area contributed by atoms with Crippen molar-refractivity contribution >= 4 is 47.7 Å². The highest BCUT2D eigenvalue weighted by Crippen LogP contribution is 2.49. The Labute approximate surface area is 775 Å². The summed E-state index contributed by atoms with van der Waals surface area (Å²) in [5.41, 5.74) is 0.972. The number of carbonyl (C=O) groups is 5. The fourth-order valence-corrected chi connectivity index (χ4v) is 17.8. The molecule has 0 radical (unpaired) electrons. The monoisotopic (exact) mass is 1920 g/mol. The molecule has 3 N–H and O–H groups in total. The molecule has 6 atom stereocenters. The van der Waals surface area contributed by atoms with Crippen LogP contribution in [0.1, 0.15) is 180 Å². The second-order valence-electron chi connectivity index (χ2n) is 34.6. The smallest absolute Gasteiger partial charge is 0.416 e. The third-order valence-corrected chi connectivity index (χ3v) is 25.9. The van der Waals surface area contributed by atoms with Crippen molar-refractivity contribution in [2.45, 2.75) is 184 Å². The third kappa shape index (κ3) is 22.1. The number of ether oxygens (including phenoxy) is 6. The SMILES string of the molecule is COc1ccc(C2CCC(C(=O)O)CC2)cc1-c1ccc(N2CCC2)nc1CN1C(=O)O[C@H](c2cccc(C(F)(F)F)c2)[C@@H]1C.COc1ccc(CCC(=O)O)cc1-c1ccc(N2CCC2)nc1CN1C(=O)O[C@H](c2cc(C(F)(F)F)cc(C(F)(F)F)c2)[C@@H]1C.COc1ccc(CCc2ncn[nH]2)cc1-c1ccc(N2CCC2)nc1CN1C(=O)O[C@H](c2cc(C(F)(F)F)cc(C(F)(F)F)c2)[C@@H]1C. The Morgan fingerprint density at radius 2 is 0.774 bits per heavy atom. The molecule has 1 saturated carbocycles. The van der Waals surface area contributed by atoms with E-state index in [1.54, 1.807) is 50.4 Å². The van der Waals surface area contributed by atoms with Crippen molar-refractivity contribution in [1.82, 2.24) is 44.8 Å². The van der Waals surface area contributed by atoms with E-state index in [-0.39, 0.29) is 62.0 Å². The summed E-state index contributed by atoms with van der Waals surface area (Å²) in [4.78, 5) is 91.3. The molecule has 0 bridgehead atoms. The van der Waals surface area contributed by atoms with Crippen LogP contribution in [0.3, 0.4) is 0 Å². The molecule has 7 aliphatic rings. The highest BCUT2D eigenvalue weighted by atomic mass is 19.4. The Kier molecular flexibility index (Phi) is 28.6. The number of aromatic amines is 1. The minimum absolute atomic E-state index is 0.0259. The number of cyclic esters (lactones) is 3. The van der Waals surface area contributed by atoms with E-state index in [2.05, 4.69) is 31.0 Å². The first-order chi connectivity index (χ1) is 65.0. The first-order valence-electron chi connectivity index (χ1n) is 44.2. The summed E-state index contributed by atoms with van der Waals surface area (Å²) in [5, 5.41) is 25.3. The van der Waals surface area contributed by atoms with Gasteiger partial charge in [0.15, 0.2) is 0 Å². The molecule has 10 heterocycles. The Balaban J connectivity index is 0.000000156. The molecule has 0 unspecified atom stereocenters. The maximum atomic E-state index is 13.6. The first kappa shape index (κ1) is 97.9. The summed E-state index contributed by atoms with van der Waals surface area (Å²) in [5.74, 6) is 2.65. The van der Waals surface area contributed by atoms with E-state index in [1.807, 2.05) is 59.5 Å². The van der Waals surface area contributed by atoms with Gasteiger partial charge in [0.25, 0.3) is 0 Å². The number of aryl methyl sites for hydroxylation is 3. The predicted octanol–water partition coefficient (Wildman–Crippen LogP) is 21.5. The Morgan fingerprint density at radius 3 is 1.12 bits per heavy atom. The van der Waals surface area contributed by atoms with Gasteiger partial charge in [-0.25, -0.2) is 34.3 Å². The molecule has 137 heavy (non-hydrogen) atoms. The molecule has 25 nitrogen and oxygen atoms in total. The number of carboxylic acids is 2. The number of hydrogen-bond donors (Lipinski definition) is 3. The van der Waals surface area contributed by atoms with Gasteiger partial charge in [0.1, 0.15) is 65.2 Å². The predicted molar refractivity (Wildman–Crippen MR) is 468 cm³/mol. The van der Waals surface area contributed by atoms with Crippen molar-refractivity contribution in [3.05, 3.63) is 242 Å². The number of alkyl halides is 15. The number of benzene rings is 6. The summed E-state index contributed by atoms with van der Waals surface area (Å²) < 4.78 is 237. The van der Waals surface area contributed by atoms with Crippen molar-refractivity contribution in [3.8, 4) is 50.6 Å². The van der Waals surface area contributed by atoms with Crippen LogP contribution in [0.4, 0.5) is 97.7 Å². The zero-order valence-electron chi connectivity index (χ0n) is 74.7. The summed E-state index contributed by atoms with van der Waals surface area (Å²) in [7, 11) is 4.59. The summed E-state index contributed by atoms with van der Waals surface area (Å²) in [6, 6.07) is 33.0. The maximum Gasteiger partial charge on any atom is 0.416 e. The van der Waals surface area contributed by atoms with Gasteiger partial charge in [-0.15, -0.1) is 0 Å². The zero-order chi connectivity index (χ0) is 98.1. The molecule has 6 aromatic carbocycles. The first-order valence-corrected chi connectivity index (χ1v) is 44.2. The van der Waals surface area contributed by atoms with Gasteiger partial charge >= 0.3 is 61.1 Å². The number of aliphatic carboxylic acids is 2. The van der Waals surface area contributed by atoms with E-state index in [9.17, 15) is 94.9 Å². The molecule has 40 heteroatoms. The number of halogens is 15. The van der Waals surface area contributed by atoms with Crippen LogP contribution >= 0.6 is 0 Å². The number of aromatic nitrogens is 6. The van der Waals surface area contributed by atoms with Gasteiger partial charge in [-0.3, -0.25) is 29.4 Å². The maximum absolute atomic E-state index is 13.6. The number of hydrogen-bond acceptors (Lipinski definition) is 19. The molecule has 7 fully saturated rings. The lowest BCUT2D eigenvalue weighted by atomic mass is 9.78. The topological polar surface area (TPSA) is 281 Å². The quantitative estimate of drug-likeness (QED) is 0.0335.